The number of aromatic nitrogens is 2. The minimum atomic E-state index is 1.00. The lowest BCUT2D eigenvalue weighted by molar-refractivity contribution is 0.884. The second-order valence-corrected chi connectivity index (χ2v) is 6.40. The van der Waals surface area contributed by atoms with E-state index in [4.69, 9.17) is 5.10 Å². The average Bonchev–Trinajstić information content (AvgIpc) is 3.09. The van der Waals surface area contributed by atoms with Crippen molar-refractivity contribution >= 4 is 0 Å². The predicted octanol–water partition coefficient (Wildman–Crippen LogP) is 5.82. The summed E-state index contributed by atoms with van der Waals surface area (Å²) < 4.78 is 1.97. The largest absolute Gasteiger partial charge is 0.240 e. The van der Waals surface area contributed by atoms with Crippen LogP contribution in [0.15, 0.2) is 85.1 Å². The number of rotatable bonds is 3. The fourth-order valence-electron chi connectivity index (χ4n) is 2.96. The molecule has 25 heavy (non-hydrogen) atoms. The highest BCUT2D eigenvalue weighted by Gasteiger charge is 2.13. The van der Waals surface area contributed by atoms with E-state index in [2.05, 4.69) is 92.8 Å². The van der Waals surface area contributed by atoms with E-state index in [0.717, 1.165) is 22.5 Å². The SMILES string of the molecule is Cc1ccc(-c2cn(-c3ccc(C)cc3)nc2-c2ccccc2)cc1. The Morgan fingerprint density at radius 1 is 0.640 bits per heavy atom. The number of aryl methyl sites for hydroxylation is 2. The van der Waals surface area contributed by atoms with E-state index in [9.17, 15) is 0 Å². The van der Waals surface area contributed by atoms with Crippen molar-refractivity contribution in [1.82, 2.24) is 9.78 Å². The second-order valence-electron chi connectivity index (χ2n) is 6.40. The molecule has 4 rings (SSSR count). The molecule has 0 aliphatic rings. The maximum absolute atomic E-state index is 4.90. The van der Waals surface area contributed by atoms with Crippen LogP contribution in [0.2, 0.25) is 0 Å². The normalized spacial score (nSPS) is 10.8. The van der Waals surface area contributed by atoms with Gasteiger partial charge in [0.25, 0.3) is 0 Å². The van der Waals surface area contributed by atoms with Crippen LogP contribution in [0.4, 0.5) is 0 Å². The third kappa shape index (κ3) is 3.11. The van der Waals surface area contributed by atoms with Gasteiger partial charge in [0.15, 0.2) is 0 Å². The van der Waals surface area contributed by atoms with Gasteiger partial charge in [-0.2, -0.15) is 5.10 Å². The fourth-order valence-corrected chi connectivity index (χ4v) is 2.96. The van der Waals surface area contributed by atoms with Crippen molar-refractivity contribution in [2.24, 2.45) is 0 Å². The van der Waals surface area contributed by atoms with E-state index < -0.39 is 0 Å². The molecule has 0 saturated heterocycles. The molecule has 122 valence electrons. The molecule has 0 fully saturated rings. The number of hydrogen-bond donors (Lipinski definition) is 0. The van der Waals surface area contributed by atoms with Crippen LogP contribution in [0.5, 0.6) is 0 Å². The first-order valence-electron chi connectivity index (χ1n) is 8.50. The van der Waals surface area contributed by atoms with Crippen LogP contribution in [-0.4, -0.2) is 9.78 Å². The van der Waals surface area contributed by atoms with Crippen LogP contribution in [0.1, 0.15) is 11.1 Å². The van der Waals surface area contributed by atoms with Gasteiger partial charge in [0.2, 0.25) is 0 Å². The second kappa shape index (κ2) is 6.40. The molecule has 2 nitrogen and oxygen atoms in total. The molecular formula is C23H20N2. The number of nitrogens with zero attached hydrogens (tertiary/aromatic N) is 2. The lowest BCUT2D eigenvalue weighted by atomic mass is 10.0. The van der Waals surface area contributed by atoms with Crippen LogP contribution in [0.3, 0.4) is 0 Å². The molecule has 1 aromatic heterocycles. The summed E-state index contributed by atoms with van der Waals surface area (Å²) >= 11 is 0. The summed E-state index contributed by atoms with van der Waals surface area (Å²) in [5.74, 6) is 0. The molecule has 4 aromatic rings. The summed E-state index contributed by atoms with van der Waals surface area (Å²) in [5, 5.41) is 4.90. The quantitative estimate of drug-likeness (QED) is 0.464. The highest BCUT2D eigenvalue weighted by atomic mass is 15.3. The van der Waals surface area contributed by atoms with E-state index in [0.29, 0.717) is 0 Å². The van der Waals surface area contributed by atoms with Gasteiger partial charge in [0.05, 0.1) is 5.69 Å². The minimum Gasteiger partial charge on any atom is -0.240 e. The van der Waals surface area contributed by atoms with Crippen molar-refractivity contribution in [3.63, 3.8) is 0 Å². The number of benzene rings is 3. The maximum atomic E-state index is 4.90. The summed E-state index contributed by atoms with van der Waals surface area (Å²) in [5.41, 5.74) is 8.04. The van der Waals surface area contributed by atoms with E-state index >= 15 is 0 Å². The Morgan fingerprint density at radius 3 is 1.88 bits per heavy atom. The maximum Gasteiger partial charge on any atom is 0.101 e. The van der Waals surface area contributed by atoms with Crippen LogP contribution < -0.4 is 0 Å². The Morgan fingerprint density at radius 2 is 1.24 bits per heavy atom. The van der Waals surface area contributed by atoms with Gasteiger partial charge in [0, 0.05) is 17.3 Å². The predicted molar refractivity (Wildman–Crippen MR) is 104 cm³/mol. The molecule has 0 atom stereocenters. The first-order valence-corrected chi connectivity index (χ1v) is 8.50. The van der Waals surface area contributed by atoms with Crippen molar-refractivity contribution in [1.29, 1.82) is 0 Å². The molecule has 2 heteroatoms. The molecule has 0 radical (unpaired) electrons. The molecule has 1 heterocycles. The van der Waals surface area contributed by atoms with Gasteiger partial charge in [-0.05, 0) is 31.5 Å². The molecule has 0 saturated carbocycles. The molecule has 0 aliphatic heterocycles. The van der Waals surface area contributed by atoms with Gasteiger partial charge in [-0.1, -0.05) is 77.9 Å². The Balaban J connectivity index is 1.89. The third-order valence-corrected chi connectivity index (χ3v) is 4.42. The van der Waals surface area contributed by atoms with Gasteiger partial charge in [-0.25, -0.2) is 4.68 Å². The highest BCUT2D eigenvalue weighted by Crippen LogP contribution is 2.32. The topological polar surface area (TPSA) is 17.8 Å². The minimum absolute atomic E-state index is 1.00. The van der Waals surface area contributed by atoms with Gasteiger partial charge in [-0.15, -0.1) is 0 Å². The molecule has 0 amide bonds. The average molecular weight is 324 g/mol. The molecule has 0 aliphatic carbocycles. The third-order valence-electron chi connectivity index (χ3n) is 4.42. The molecule has 0 spiro atoms. The summed E-state index contributed by atoms with van der Waals surface area (Å²) in [6.07, 6.45) is 2.12. The number of hydrogen-bond acceptors (Lipinski definition) is 1. The lowest BCUT2D eigenvalue weighted by Gasteiger charge is -2.03. The zero-order valence-corrected chi connectivity index (χ0v) is 14.5. The van der Waals surface area contributed by atoms with Crippen molar-refractivity contribution < 1.29 is 0 Å². The monoisotopic (exact) mass is 324 g/mol. The van der Waals surface area contributed by atoms with E-state index in [1.165, 1.54) is 16.7 Å². The zero-order chi connectivity index (χ0) is 17.2. The molecule has 3 aromatic carbocycles. The Kier molecular flexibility index (Phi) is 3.95. The van der Waals surface area contributed by atoms with Crippen LogP contribution in [-0.2, 0) is 0 Å². The summed E-state index contributed by atoms with van der Waals surface area (Å²) in [4.78, 5) is 0. The van der Waals surface area contributed by atoms with E-state index in [-0.39, 0.29) is 0 Å². The first kappa shape index (κ1) is 15.4. The van der Waals surface area contributed by atoms with Gasteiger partial charge >= 0.3 is 0 Å². The van der Waals surface area contributed by atoms with E-state index in [1.54, 1.807) is 0 Å². The Labute approximate surface area is 148 Å². The van der Waals surface area contributed by atoms with Crippen LogP contribution in [0.25, 0.3) is 28.1 Å². The fraction of sp³-hybridized carbons (Fsp3) is 0.0870. The first-order chi connectivity index (χ1) is 12.2. The van der Waals surface area contributed by atoms with Gasteiger partial charge in [0.1, 0.15) is 5.69 Å². The van der Waals surface area contributed by atoms with Crippen molar-refractivity contribution in [2.75, 3.05) is 0 Å². The zero-order valence-electron chi connectivity index (χ0n) is 14.5. The summed E-state index contributed by atoms with van der Waals surface area (Å²) in [6, 6.07) is 27.4. The van der Waals surface area contributed by atoms with Gasteiger partial charge in [-0.3, -0.25) is 0 Å². The smallest absolute Gasteiger partial charge is 0.101 e. The van der Waals surface area contributed by atoms with Crippen molar-refractivity contribution in [3.05, 3.63) is 96.2 Å². The Bertz CT molecular complexity index is 979. The Hall–Kier alpha value is -3.13. The van der Waals surface area contributed by atoms with E-state index in [1.807, 2.05) is 10.7 Å². The highest BCUT2D eigenvalue weighted by molar-refractivity contribution is 5.80. The molecule has 0 bridgehead atoms. The van der Waals surface area contributed by atoms with Crippen molar-refractivity contribution in [3.8, 4) is 28.1 Å². The van der Waals surface area contributed by atoms with Crippen molar-refractivity contribution in [2.45, 2.75) is 13.8 Å². The lowest BCUT2D eigenvalue weighted by Crippen LogP contribution is -1.94. The molecule has 0 N–H and O–H groups in total. The molecular weight excluding hydrogens is 304 g/mol. The summed E-state index contributed by atoms with van der Waals surface area (Å²) in [7, 11) is 0. The van der Waals surface area contributed by atoms with Crippen LogP contribution in [0, 0.1) is 13.8 Å². The summed E-state index contributed by atoms with van der Waals surface area (Å²) in [6.45, 7) is 4.21. The van der Waals surface area contributed by atoms with Gasteiger partial charge < -0.3 is 0 Å². The van der Waals surface area contributed by atoms with Crippen LogP contribution >= 0.6 is 0 Å². The molecule has 0 unspecified atom stereocenters. The standard InChI is InChI=1S/C23H20N2/c1-17-8-12-19(13-9-17)22-16-25(21-14-10-18(2)11-15-21)24-23(22)20-6-4-3-5-7-20/h3-16H,1-2H3.